The highest BCUT2D eigenvalue weighted by atomic mass is 35.5. The molecule has 8 heteroatoms. The lowest BCUT2D eigenvalue weighted by atomic mass is 10.1. The molecule has 1 aliphatic heterocycles. The number of likely N-dealkylation sites (N-methyl/N-ethyl adjacent to an activating group) is 1. The molecule has 7 nitrogen and oxygen atoms in total. The van der Waals surface area contributed by atoms with Gasteiger partial charge in [-0.3, -0.25) is 9.59 Å². The van der Waals surface area contributed by atoms with Crippen LogP contribution in [0.4, 0.5) is 5.69 Å². The molecule has 1 aromatic rings. The molecule has 2 N–H and O–H groups in total. The number of nitrogens with zero attached hydrogens (tertiary/aromatic N) is 1. The molecule has 0 aliphatic carbocycles. The maximum Gasteiger partial charge on any atom is 0.259 e. The molecule has 1 fully saturated rings. The molecule has 1 aromatic carbocycles. The first-order chi connectivity index (χ1) is 11.5. The molecule has 1 saturated heterocycles. The van der Waals surface area contributed by atoms with Crippen LogP contribution in [0.5, 0.6) is 5.75 Å². The Morgan fingerprint density at radius 2 is 2.16 bits per heavy atom. The Morgan fingerprint density at radius 1 is 1.40 bits per heavy atom. The third-order valence-electron chi connectivity index (χ3n) is 3.69. The Balaban J connectivity index is 0.00000312. The smallest absolute Gasteiger partial charge is 0.259 e. The molecular formula is C17H26ClN3O4. The summed E-state index contributed by atoms with van der Waals surface area (Å²) in [7, 11) is 3.34. The number of rotatable bonds is 6. The normalized spacial score (nSPS) is 16.5. The van der Waals surface area contributed by atoms with Gasteiger partial charge in [0.25, 0.3) is 5.91 Å². The van der Waals surface area contributed by atoms with Crippen molar-refractivity contribution >= 4 is 29.9 Å². The first-order valence-electron chi connectivity index (χ1n) is 8.00. The number of anilines is 1. The minimum atomic E-state index is -0.141. The van der Waals surface area contributed by atoms with E-state index in [0.29, 0.717) is 31.1 Å². The monoisotopic (exact) mass is 371 g/mol. The Hall–Kier alpha value is -1.83. The van der Waals surface area contributed by atoms with Crippen molar-refractivity contribution in [1.29, 1.82) is 0 Å². The average Bonchev–Trinajstić information content (AvgIpc) is 2.55. The summed E-state index contributed by atoms with van der Waals surface area (Å²) in [6.45, 7) is 3.81. The van der Waals surface area contributed by atoms with Crippen molar-refractivity contribution in [3.05, 3.63) is 23.8 Å². The van der Waals surface area contributed by atoms with Gasteiger partial charge in [0.15, 0.2) is 6.61 Å². The molecule has 2 amide bonds. The van der Waals surface area contributed by atoms with Gasteiger partial charge in [0.05, 0.1) is 18.9 Å². The Morgan fingerprint density at radius 3 is 2.80 bits per heavy atom. The molecule has 0 saturated carbocycles. The maximum absolute atomic E-state index is 12.2. The van der Waals surface area contributed by atoms with Gasteiger partial charge in [-0.15, -0.1) is 12.4 Å². The van der Waals surface area contributed by atoms with E-state index in [1.807, 2.05) is 13.0 Å². The van der Waals surface area contributed by atoms with E-state index < -0.39 is 0 Å². The van der Waals surface area contributed by atoms with Crippen LogP contribution in [0.3, 0.4) is 0 Å². The lowest BCUT2D eigenvalue weighted by molar-refractivity contribution is -0.130. The number of halogens is 1. The Bertz CT molecular complexity index is 589. The molecular weight excluding hydrogens is 346 g/mol. The lowest BCUT2D eigenvalue weighted by Gasteiger charge is -2.23. The number of morpholine rings is 1. The number of aryl methyl sites for hydroxylation is 1. The van der Waals surface area contributed by atoms with Crippen molar-refractivity contribution in [1.82, 2.24) is 10.2 Å². The van der Waals surface area contributed by atoms with Gasteiger partial charge in [0.1, 0.15) is 5.75 Å². The van der Waals surface area contributed by atoms with Crippen LogP contribution < -0.4 is 15.4 Å². The van der Waals surface area contributed by atoms with Crippen molar-refractivity contribution < 1.29 is 19.1 Å². The zero-order valence-corrected chi connectivity index (χ0v) is 15.6. The van der Waals surface area contributed by atoms with Gasteiger partial charge in [-0.2, -0.15) is 0 Å². The molecule has 0 aromatic heterocycles. The highest BCUT2D eigenvalue weighted by molar-refractivity contribution is 5.92. The first-order valence-corrected chi connectivity index (χ1v) is 8.00. The third kappa shape index (κ3) is 6.89. The summed E-state index contributed by atoms with van der Waals surface area (Å²) >= 11 is 0. The molecule has 1 unspecified atom stereocenters. The predicted octanol–water partition coefficient (Wildman–Crippen LogP) is 1.20. The summed E-state index contributed by atoms with van der Waals surface area (Å²) < 4.78 is 10.9. The average molecular weight is 372 g/mol. The van der Waals surface area contributed by atoms with Crippen LogP contribution in [0.2, 0.25) is 0 Å². The summed E-state index contributed by atoms with van der Waals surface area (Å²) in [6, 6.07) is 5.50. The van der Waals surface area contributed by atoms with E-state index in [4.69, 9.17) is 9.47 Å². The predicted molar refractivity (Wildman–Crippen MR) is 98.5 cm³/mol. The van der Waals surface area contributed by atoms with Crippen molar-refractivity contribution in [2.24, 2.45) is 0 Å². The van der Waals surface area contributed by atoms with Crippen LogP contribution in [-0.2, 0) is 14.3 Å². The quantitative estimate of drug-likeness (QED) is 0.785. The van der Waals surface area contributed by atoms with E-state index >= 15 is 0 Å². The number of amides is 2. The zero-order chi connectivity index (χ0) is 17.5. The van der Waals surface area contributed by atoms with E-state index in [-0.39, 0.29) is 36.9 Å². The lowest BCUT2D eigenvalue weighted by Crippen LogP contribution is -2.43. The number of carbonyl (C=O) groups is 2. The first kappa shape index (κ1) is 21.2. The van der Waals surface area contributed by atoms with Gasteiger partial charge in [-0.05, 0) is 24.6 Å². The van der Waals surface area contributed by atoms with E-state index in [9.17, 15) is 9.59 Å². The highest BCUT2D eigenvalue weighted by Gasteiger charge is 2.18. The van der Waals surface area contributed by atoms with E-state index in [0.717, 1.165) is 12.1 Å². The third-order valence-corrected chi connectivity index (χ3v) is 3.69. The van der Waals surface area contributed by atoms with Crippen molar-refractivity contribution in [3.63, 3.8) is 0 Å². The van der Waals surface area contributed by atoms with Crippen LogP contribution in [0.1, 0.15) is 12.0 Å². The summed E-state index contributed by atoms with van der Waals surface area (Å²) in [6.07, 6.45) is 0.323. The summed E-state index contributed by atoms with van der Waals surface area (Å²) in [5, 5.41) is 6.10. The van der Waals surface area contributed by atoms with Crippen molar-refractivity contribution in [3.8, 4) is 5.75 Å². The van der Waals surface area contributed by atoms with Crippen molar-refractivity contribution in [2.75, 3.05) is 45.8 Å². The number of hydrogen-bond acceptors (Lipinski definition) is 5. The van der Waals surface area contributed by atoms with Crippen LogP contribution in [-0.4, -0.2) is 63.2 Å². The SMILES string of the molecule is Cc1ccc(NC(=O)CC2COCCN2)c(OCC(=O)N(C)C)c1.Cl. The molecule has 25 heavy (non-hydrogen) atoms. The second-order valence-electron chi connectivity index (χ2n) is 6.05. The summed E-state index contributed by atoms with van der Waals surface area (Å²) in [5.41, 5.74) is 1.55. The van der Waals surface area contributed by atoms with Gasteiger partial charge in [-0.25, -0.2) is 0 Å². The van der Waals surface area contributed by atoms with Crippen LogP contribution in [0.15, 0.2) is 18.2 Å². The fourth-order valence-corrected chi connectivity index (χ4v) is 2.30. The molecule has 0 radical (unpaired) electrons. The van der Waals surface area contributed by atoms with E-state index in [1.54, 1.807) is 26.2 Å². The fourth-order valence-electron chi connectivity index (χ4n) is 2.30. The minimum absolute atomic E-state index is 0. The van der Waals surface area contributed by atoms with Crippen molar-refractivity contribution in [2.45, 2.75) is 19.4 Å². The number of ether oxygens (including phenoxy) is 2. The maximum atomic E-state index is 12.2. The largest absolute Gasteiger partial charge is 0.482 e. The van der Waals surface area contributed by atoms with Gasteiger partial charge < -0.3 is 25.0 Å². The molecule has 1 aliphatic rings. The fraction of sp³-hybridized carbons (Fsp3) is 0.529. The Labute approximate surface area is 154 Å². The van der Waals surface area contributed by atoms with Gasteiger partial charge in [0.2, 0.25) is 5.91 Å². The topological polar surface area (TPSA) is 79.9 Å². The summed E-state index contributed by atoms with van der Waals surface area (Å²) in [5.74, 6) is 0.231. The number of carbonyl (C=O) groups excluding carboxylic acids is 2. The molecule has 1 atom stereocenters. The molecule has 0 spiro atoms. The van der Waals surface area contributed by atoms with Crippen LogP contribution >= 0.6 is 12.4 Å². The van der Waals surface area contributed by atoms with E-state index in [2.05, 4.69) is 10.6 Å². The zero-order valence-electron chi connectivity index (χ0n) is 14.8. The Kier molecular flexibility index (Phi) is 8.68. The number of nitrogens with one attached hydrogen (secondary N) is 2. The van der Waals surface area contributed by atoms with Crippen LogP contribution in [0, 0.1) is 6.92 Å². The van der Waals surface area contributed by atoms with Gasteiger partial charge in [0, 0.05) is 33.1 Å². The number of benzene rings is 1. The highest BCUT2D eigenvalue weighted by Crippen LogP contribution is 2.26. The standard InChI is InChI=1S/C17H25N3O4.ClH/c1-12-4-5-14(15(8-12)24-11-17(22)20(2)3)19-16(21)9-13-10-23-7-6-18-13;/h4-5,8,13,18H,6-7,9-11H2,1-3H3,(H,19,21);1H. The minimum Gasteiger partial charge on any atom is -0.482 e. The molecule has 1 heterocycles. The van der Waals surface area contributed by atoms with Crippen LogP contribution in [0.25, 0.3) is 0 Å². The molecule has 0 bridgehead atoms. The molecule has 2 rings (SSSR count). The van der Waals surface area contributed by atoms with Gasteiger partial charge >= 0.3 is 0 Å². The number of hydrogen-bond donors (Lipinski definition) is 2. The summed E-state index contributed by atoms with van der Waals surface area (Å²) in [4.78, 5) is 25.4. The second-order valence-corrected chi connectivity index (χ2v) is 6.05. The second kappa shape index (κ2) is 10.2. The van der Waals surface area contributed by atoms with Gasteiger partial charge in [-0.1, -0.05) is 6.07 Å². The van der Waals surface area contributed by atoms with E-state index in [1.165, 1.54) is 4.90 Å². The molecule has 140 valence electrons.